The molecule has 2 unspecified atom stereocenters. The minimum atomic E-state index is -0.609. The molecule has 0 aliphatic carbocycles. The first-order chi connectivity index (χ1) is 9.42. The van der Waals surface area contributed by atoms with Gasteiger partial charge in [0, 0.05) is 32.2 Å². The summed E-state index contributed by atoms with van der Waals surface area (Å²) in [6.07, 6.45) is 1.01. The van der Waals surface area contributed by atoms with Gasteiger partial charge >= 0.3 is 5.97 Å². The van der Waals surface area contributed by atoms with Crippen LogP contribution in [0.2, 0.25) is 0 Å². The van der Waals surface area contributed by atoms with Crippen molar-refractivity contribution in [3.05, 3.63) is 0 Å². The lowest BCUT2D eigenvalue weighted by Gasteiger charge is -2.41. The van der Waals surface area contributed by atoms with Crippen LogP contribution in [0, 0.1) is 0 Å². The van der Waals surface area contributed by atoms with E-state index in [9.17, 15) is 4.79 Å². The van der Waals surface area contributed by atoms with E-state index >= 15 is 0 Å². The summed E-state index contributed by atoms with van der Waals surface area (Å²) >= 11 is 0. The molecule has 1 N–H and O–H groups in total. The number of likely N-dealkylation sites (N-methyl/N-ethyl adjacent to an activating group) is 1. The number of carbonyl (C=O) groups excluding carboxylic acids is 1. The van der Waals surface area contributed by atoms with Crippen LogP contribution in [-0.2, 0) is 9.53 Å². The highest BCUT2D eigenvalue weighted by Crippen LogP contribution is 2.14. The van der Waals surface area contributed by atoms with E-state index in [2.05, 4.69) is 36.0 Å². The number of rotatable bonds is 7. The Morgan fingerprint density at radius 2 is 2.10 bits per heavy atom. The molecule has 20 heavy (non-hydrogen) atoms. The summed E-state index contributed by atoms with van der Waals surface area (Å²) < 4.78 is 5.26. The average molecular weight is 285 g/mol. The van der Waals surface area contributed by atoms with Gasteiger partial charge in [0.1, 0.15) is 5.54 Å². The van der Waals surface area contributed by atoms with Crippen molar-refractivity contribution in [2.24, 2.45) is 0 Å². The molecular formula is C15H31N3O2. The van der Waals surface area contributed by atoms with Gasteiger partial charge in [-0.2, -0.15) is 0 Å². The Morgan fingerprint density at radius 3 is 2.65 bits per heavy atom. The van der Waals surface area contributed by atoms with Crippen LogP contribution in [0.4, 0.5) is 0 Å². The van der Waals surface area contributed by atoms with Crippen molar-refractivity contribution in [2.45, 2.75) is 45.7 Å². The minimum Gasteiger partial charge on any atom is -0.465 e. The van der Waals surface area contributed by atoms with Crippen molar-refractivity contribution in [1.82, 2.24) is 15.1 Å². The van der Waals surface area contributed by atoms with Crippen LogP contribution in [0.5, 0.6) is 0 Å². The van der Waals surface area contributed by atoms with Gasteiger partial charge in [0.05, 0.1) is 6.61 Å². The summed E-state index contributed by atoms with van der Waals surface area (Å²) in [4.78, 5) is 17.0. The van der Waals surface area contributed by atoms with Crippen LogP contribution < -0.4 is 5.32 Å². The van der Waals surface area contributed by atoms with Gasteiger partial charge < -0.3 is 15.0 Å². The van der Waals surface area contributed by atoms with E-state index in [0.29, 0.717) is 19.2 Å². The molecule has 2 atom stereocenters. The van der Waals surface area contributed by atoms with Crippen LogP contribution in [0.1, 0.15) is 34.1 Å². The fourth-order valence-electron chi connectivity index (χ4n) is 2.60. The summed E-state index contributed by atoms with van der Waals surface area (Å²) in [6, 6.07) is 0.529. The first-order valence-corrected chi connectivity index (χ1v) is 7.77. The molecule has 0 spiro atoms. The Kier molecular flexibility index (Phi) is 6.92. The van der Waals surface area contributed by atoms with Gasteiger partial charge in [-0.05, 0) is 40.8 Å². The molecule has 0 aromatic heterocycles. The zero-order valence-corrected chi connectivity index (χ0v) is 13.7. The molecule has 5 heteroatoms. The van der Waals surface area contributed by atoms with E-state index in [0.717, 1.165) is 32.6 Å². The van der Waals surface area contributed by atoms with Crippen LogP contribution in [-0.4, -0.2) is 73.7 Å². The van der Waals surface area contributed by atoms with Gasteiger partial charge in [-0.3, -0.25) is 9.69 Å². The van der Waals surface area contributed by atoms with Crippen molar-refractivity contribution >= 4 is 5.97 Å². The monoisotopic (exact) mass is 285 g/mol. The molecule has 1 saturated heterocycles. The van der Waals surface area contributed by atoms with Crippen LogP contribution in [0.3, 0.4) is 0 Å². The number of carbonyl (C=O) groups is 1. The van der Waals surface area contributed by atoms with E-state index in [1.54, 1.807) is 0 Å². The van der Waals surface area contributed by atoms with Crippen LogP contribution in [0.25, 0.3) is 0 Å². The van der Waals surface area contributed by atoms with Gasteiger partial charge in [-0.1, -0.05) is 6.92 Å². The second-order valence-corrected chi connectivity index (χ2v) is 6.04. The highest BCUT2D eigenvalue weighted by atomic mass is 16.5. The molecule has 5 nitrogen and oxygen atoms in total. The molecule has 118 valence electrons. The van der Waals surface area contributed by atoms with E-state index in [1.807, 2.05) is 13.8 Å². The van der Waals surface area contributed by atoms with Crippen molar-refractivity contribution < 1.29 is 9.53 Å². The molecule has 0 amide bonds. The number of ether oxygens (including phenoxy) is 1. The topological polar surface area (TPSA) is 44.8 Å². The van der Waals surface area contributed by atoms with Crippen LogP contribution >= 0.6 is 0 Å². The fourth-order valence-corrected chi connectivity index (χ4v) is 2.60. The largest absolute Gasteiger partial charge is 0.465 e. The minimum absolute atomic E-state index is 0.139. The molecule has 0 bridgehead atoms. The third kappa shape index (κ3) is 4.72. The van der Waals surface area contributed by atoms with Crippen molar-refractivity contribution in [2.75, 3.05) is 46.4 Å². The zero-order chi connectivity index (χ0) is 15.2. The third-order valence-corrected chi connectivity index (χ3v) is 4.07. The normalized spacial score (nSPS) is 24.4. The number of nitrogens with one attached hydrogen (secondary N) is 1. The standard InChI is InChI=1S/C15H31N3O2/c1-6-8-16-15(4,14(19)20-7-2)12-18-10-9-17(5)13(3)11-18/h13,16H,6-12H2,1-5H3. The van der Waals surface area contributed by atoms with Crippen molar-refractivity contribution in [3.63, 3.8) is 0 Å². The van der Waals surface area contributed by atoms with E-state index < -0.39 is 5.54 Å². The van der Waals surface area contributed by atoms with Gasteiger partial charge in [0.2, 0.25) is 0 Å². The second-order valence-electron chi connectivity index (χ2n) is 6.04. The lowest BCUT2D eigenvalue weighted by atomic mass is 10.00. The first kappa shape index (κ1) is 17.4. The van der Waals surface area contributed by atoms with E-state index in [1.165, 1.54) is 0 Å². The van der Waals surface area contributed by atoms with Crippen molar-refractivity contribution in [3.8, 4) is 0 Å². The molecule has 1 heterocycles. The number of nitrogens with zero attached hydrogens (tertiary/aromatic N) is 2. The van der Waals surface area contributed by atoms with E-state index in [4.69, 9.17) is 4.74 Å². The maximum atomic E-state index is 12.3. The maximum absolute atomic E-state index is 12.3. The Morgan fingerprint density at radius 1 is 1.40 bits per heavy atom. The fraction of sp³-hybridized carbons (Fsp3) is 0.933. The maximum Gasteiger partial charge on any atom is 0.327 e. The molecule has 1 rings (SSSR count). The molecule has 1 aliphatic rings. The van der Waals surface area contributed by atoms with Gasteiger partial charge in [0.25, 0.3) is 0 Å². The Bertz CT molecular complexity index is 311. The summed E-state index contributed by atoms with van der Waals surface area (Å²) in [5.41, 5.74) is -0.609. The van der Waals surface area contributed by atoms with Crippen LogP contribution in [0.15, 0.2) is 0 Å². The number of esters is 1. The van der Waals surface area contributed by atoms with E-state index in [-0.39, 0.29) is 5.97 Å². The average Bonchev–Trinajstić information content (AvgIpc) is 2.41. The lowest BCUT2D eigenvalue weighted by molar-refractivity contribution is -0.151. The summed E-state index contributed by atoms with van der Waals surface area (Å²) in [7, 11) is 2.15. The third-order valence-electron chi connectivity index (χ3n) is 4.07. The van der Waals surface area contributed by atoms with Gasteiger partial charge in [-0.15, -0.1) is 0 Å². The molecule has 1 fully saturated rings. The highest BCUT2D eigenvalue weighted by Gasteiger charge is 2.37. The predicted molar refractivity (Wildman–Crippen MR) is 81.9 cm³/mol. The smallest absolute Gasteiger partial charge is 0.327 e. The Hall–Kier alpha value is -0.650. The number of hydrogen-bond acceptors (Lipinski definition) is 5. The predicted octanol–water partition coefficient (Wildman–Crippen LogP) is 0.944. The Balaban J connectivity index is 2.66. The van der Waals surface area contributed by atoms with Crippen molar-refractivity contribution in [1.29, 1.82) is 0 Å². The van der Waals surface area contributed by atoms with Gasteiger partial charge in [0.15, 0.2) is 0 Å². The molecular weight excluding hydrogens is 254 g/mol. The lowest BCUT2D eigenvalue weighted by Crippen LogP contribution is -2.61. The second kappa shape index (κ2) is 7.96. The number of piperazine rings is 1. The SMILES string of the molecule is CCCNC(C)(CN1CCN(C)C(C)C1)C(=O)OCC. The Labute approximate surface area is 123 Å². The molecule has 1 aliphatic heterocycles. The molecule has 0 radical (unpaired) electrons. The summed E-state index contributed by atoms with van der Waals surface area (Å²) in [6.45, 7) is 13.2. The highest BCUT2D eigenvalue weighted by molar-refractivity contribution is 5.80. The van der Waals surface area contributed by atoms with Gasteiger partial charge in [-0.25, -0.2) is 0 Å². The molecule has 0 aromatic rings. The first-order valence-electron chi connectivity index (χ1n) is 7.77. The number of hydrogen-bond donors (Lipinski definition) is 1. The summed E-state index contributed by atoms with van der Waals surface area (Å²) in [5, 5.41) is 3.37. The molecule has 0 aromatic carbocycles. The zero-order valence-electron chi connectivity index (χ0n) is 13.7. The quantitative estimate of drug-likeness (QED) is 0.706. The summed E-state index contributed by atoms with van der Waals surface area (Å²) in [5.74, 6) is -0.139. The molecule has 0 saturated carbocycles.